The minimum absolute atomic E-state index is 0.110. The van der Waals surface area contributed by atoms with Gasteiger partial charge in [0.1, 0.15) is 5.75 Å². The summed E-state index contributed by atoms with van der Waals surface area (Å²) in [5.74, 6) is 0.932. The Morgan fingerprint density at radius 3 is 2.70 bits per heavy atom. The number of hydrogen-bond acceptors (Lipinski definition) is 3. The van der Waals surface area contributed by atoms with E-state index in [2.05, 4.69) is 36.6 Å². The van der Waals surface area contributed by atoms with Gasteiger partial charge in [0, 0.05) is 4.90 Å². The molecule has 0 aromatic heterocycles. The fourth-order valence-electron chi connectivity index (χ4n) is 2.26. The quantitative estimate of drug-likeness (QED) is 0.843. The van der Waals surface area contributed by atoms with Gasteiger partial charge in [0.15, 0.2) is 0 Å². The van der Waals surface area contributed by atoms with Crippen LogP contribution in [0.3, 0.4) is 0 Å². The van der Waals surface area contributed by atoms with Crippen LogP contribution in [-0.4, -0.2) is 12.4 Å². The van der Waals surface area contributed by atoms with Crippen molar-refractivity contribution in [2.24, 2.45) is 5.73 Å². The van der Waals surface area contributed by atoms with Gasteiger partial charge in [-0.05, 0) is 48.4 Å². The third-order valence-electron chi connectivity index (χ3n) is 3.52. The number of benzene rings is 2. The molecular formula is C17H19NOS. The molecule has 0 amide bonds. The highest BCUT2D eigenvalue weighted by atomic mass is 32.2. The molecule has 0 saturated heterocycles. The fraction of sp³-hybridized carbons (Fsp3) is 0.294. The van der Waals surface area contributed by atoms with E-state index in [1.165, 1.54) is 23.3 Å². The van der Waals surface area contributed by atoms with Crippen molar-refractivity contribution in [1.29, 1.82) is 0 Å². The average Bonchev–Trinajstić information content (AvgIpc) is 3.30. The number of thioether (sulfide) groups is 1. The summed E-state index contributed by atoms with van der Waals surface area (Å²) < 4.78 is 5.85. The molecule has 1 aliphatic carbocycles. The lowest BCUT2D eigenvalue weighted by molar-refractivity contribution is 0.303. The van der Waals surface area contributed by atoms with E-state index in [1.807, 2.05) is 18.2 Å². The Labute approximate surface area is 124 Å². The van der Waals surface area contributed by atoms with Crippen LogP contribution in [0.25, 0.3) is 0 Å². The molecule has 1 saturated carbocycles. The zero-order valence-electron chi connectivity index (χ0n) is 11.6. The van der Waals surface area contributed by atoms with Crippen molar-refractivity contribution in [1.82, 2.24) is 0 Å². The first-order valence-corrected chi connectivity index (χ1v) is 8.15. The van der Waals surface area contributed by atoms with Gasteiger partial charge in [0.2, 0.25) is 0 Å². The Bertz CT molecular complexity index is 595. The van der Waals surface area contributed by atoms with Crippen LogP contribution in [0.2, 0.25) is 0 Å². The lowest BCUT2D eigenvalue weighted by atomic mass is 9.99. The first kappa shape index (κ1) is 13.5. The normalized spacial score (nSPS) is 15.9. The third kappa shape index (κ3) is 3.00. The fourth-order valence-corrected chi connectivity index (χ4v) is 2.91. The van der Waals surface area contributed by atoms with E-state index < -0.39 is 0 Å². The monoisotopic (exact) mass is 285 g/mol. The molecule has 3 rings (SSSR count). The highest BCUT2D eigenvalue weighted by Crippen LogP contribution is 2.32. The molecule has 0 bridgehead atoms. The van der Waals surface area contributed by atoms with Gasteiger partial charge >= 0.3 is 0 Å². The minimum atomic E-state index is -0.110. The van der Waals surface area contributed by atoms with E-state index in [1.54, 1.807) is 11.8 Å². The first-order valence-electron chi connectivity index (χ1n) is 6.93. The van der Waals surface area contributed by atoms with Gasteiger partial charge in [-0.1, -0.05) is 30.3 Å². The Kier molecular flexibility index (Phi) is 3.99. The second-order valence-electron chi connectivity index (χ2n) is 5.11. The van der Waals surface area contributed by atoms with Gasteiger partial charge in [-0.3, -0.25) is 0 Å². The summed E-state index contributed by atoms with van der Waals surface area (Å²) in [5.41, 5.74) is 8.71. The molecule has 0 spiro atoms. The van der Waals surface area contributed by atoms with Crippen molar-refractivity contribution >= 4 is 11.8 Å². The maximum absolute atomic E-state index is 6.44. The Balaban J connectivity index is 1.87. The maximum atomic E-state index is 6.44. The van der Waals surface area contributed by atoms with E-state index >= 15 is 0 Å². The van der Waals surface area contributed by atoms with E-state index in [0.29, 0.717) is 6.10 Å². The molecule has 0 aliphatic heterocycles. The van der Waals surface area contributed by atoms with Crippen molar-refractivity contribution in [2.45, 2.75) is 29.9 Å². The molecule has 0 heterocycles. The van der Waals surface area contributed by atoms with Crippen LogP contribution in [0.5, 0.6) is 5.75 Å². The van der Waals surface area contributed by atoms with Crippen molar-refractivity contribution < 1.29 is 4.74 Å². The van der Waals surface area contributed by atoms with Crippen LogP contribution < -0.4 is 10.5 Å². The van der Waals surface area contributed by atoms with Crippen molar-refractivity contribution in [3.8, 4) is 5.75 Å². The van der Waals surface area contributed by atoms with Crippen LogP contribution >= 0.6 is 11.8 Å². The van der Waals surface area contributed by atoms with Gasteiger partial charge in [0.25, 0.3) is 0 Å². The van der Waals surface area contributed by atoms with Crippen LogP contribution in [0, 0.1) is 0 Å². The summed E-state index contributed by atoms with van der Waals surface area (Å²) in [6.07, 6.45) is 4.84. The highest BCUT2D eigenvalue weighted by Gasteiger charge is 2.23. The second kappa shape index (κ2) is 5.90. The predicted molar refractivity (Wildman–Crippen MR) is 84.3 cm³/mol. The number of nitrogens with two attached hydrogens (primary N) is 1. The molecule has 2 nitrogen and oxygen atoms in total. The number of ether oxygens (including phenoxy) is 1. The molecule has 2 N–H and O–H groups in total. The molecule has 104 valence electrons. The summed E-state index contributed by atoms with van der Waals surface area (Å²) >= 11 is 1.73. The number of rotatable bonds is 5. The Hall–Kier alpha value is -1.45. The smallest absolute Gasteiger partial charge is 0.120 e. The van der Waals surface area contributed by atoms with Gasteiger partial charge < -0.3 is 10.5 Å². The lowest BCUT2D eigenvalue weighted by Gasteiger charge is -2.17. The van der Waals surface area contributed by atoms with Crippen molar-refractivity contribution in [3.05, 3.63) is 59.7 Å². The summed E-state index contributed by atoms with van der Waals surface area (Å²) in [7, 11) is 0. The van der Waals surface area contributed by atoms with E-state index in [0.717, 1.165) is 11.3 Å². The summed E-state index contributed by atoms with van der Waals surface area (Å²) in [4.78, 5) is 1.23. The summed E-state index contributed by atoms with van der Waals surface area (Å²) in [5, 5.41) is 0. The van der Waals surface area contributed by atoms with Crippen molar-refractivity contribution in [2.75, 3.05) is 6.26 Å². The van der Waals surface area contributed by atoms with Gasteiger partial charge in [-0.25, -0.2) is 0 Å². The minimum Gasteiger partial charge on any atom is -0.490 e. The lowest BCUT2D eigenvalue weighted by Crippen LogP contribution is -2.13. The summed E-state index contributed by atoms with van der Waals surface area (Å²) in [6.45, 7) is 0. The molecule has 3 heteroatoms. The molecule has 1 unspecified atom stereocenters. The van der Waals surface area contributed by atoms with Crippen LogP contribution in [0.15, 0.2) is 53.4 Å². The van der Waals surface area contributed by atoms with Crippen LogP contribution in [0.1, 0.15) is 30.0 Å². The molecular weight excluding hydrogens is 266 g/mol. The van der Waals surface area contributed by atoms with Gasteiger partial charge in [-0.2, -0.15) is 0 Å². The summed E-state index contributed by atoms with van der Waals surface area (Å²) in [6, 6.07) is 16.4. The Morgan fingerprint density at radius 1 is 1.15 bits per heavy atom. The highest BCUT2D eigenvalue weighted by molar-refractivity contribution is 7.98. The largest absolute Gasteiger partial charge is 0.490 e. The predicted octanol–water partition coefficient (Wildman–Crippen LogP) is 4.00. The van der Waals surface area contributed by atoms with Gasteiger partial charge in [-0.15, -0.1) is 11.8 Å². The average molecular weight is 285 g/mol. The van der Waals surface area contributed by atoms with Crippen LogP contribution in [-0.2, 0) is 0 Å². The SMILES string of the molecule is CSc1ccccc1C(N)c1cccc(OC2CC2)c1. The zero-order chi connectivity index (χ0) is 13.9. The zero-order valence-corrected chi connectivity index (χ0v) is 12.4. The maximum Gasteiger partial charge on any atom is 0.120 e. The molecule has 1 atom stereocenters. The number of hydrogen-bond donors (Lipinski definition) is 1. The second-order valence-corrected chi connectivity index (χ2v) is 5.96. The molecule has 1 aliphatic rings. The first-order chi connectivity index (χ1) is 9.78. The topological polar surface area (TPSA) is 35.2 Å². The van der Waals surface area contributed by atoms with E-state index in [9.17, 15) is 0 Å². The molecule has 2 aromatic rings. The van der Waals surface area contributed by atoms with Crippen LogP contribution in [0.4, 0.5) is 0 Å². The molecule has 1 fully saturated rings. The Morgan fingerprint density at radius 2 is 1.95 bits per heavy atom. The van der Waals surface area contributed by atoms with Crippen molar-refractivity contribution in [3.63, 3.8) is 0 Å². The third-order valence-corrected chi connectivity index (χ3v) is 4.33. The molecule has 0 radical (unpaired) electrons. The molecule has 2 aromatic carbocycles. The standard InChI is InChI=1S/C17H19NOS/c1-20-16-8-3-2-7-15(16)17(18)12-5-4-6-14(11-12)19-13-9-10-13/h2-8,11,13,17H,9-10,18H2,1H3. The van der Waals surface area contributed by atoms with Gasteiger partial charge in [0.05, 0.1) is 12.1 Å². The molecule has 20 heavy (non-hydrogen) atoms. The van der Waals surface area contributed by atoms with E-state index in [4.69, 9.17) is 10.5 Å². The van der Waals surface area contributed by atoms with E-state index in [-0.39, 0.29) is 6.04 Å².